The van der Waals surface area contributed by atoms with Gasteiger partial charge in [0, 0.05) is 18.0 Å². The van der Waals surface area contributed by atoms with Crippen molar-refractivity contribution in [1.29, 1.82) is 0 Å². The molecule has 1 aliphatic carbocycles. The highest BCUT2D eigenvalue weighted by Gasteiger charge is 2.36. The van der Waals surface area contributed by atoms with Gasteiger partial charge in [0.05, 0.1) is 0 Å². The van der Waals surface area contributed by atoms with Gasteiger partial charge < -0.3 is 14.2 Å². The monoisotopic (exact) mass is 375 g/mol. The molecule has 28 heavy (non-hydrogen) atoms. The van der Waals surface area contributed by atoms with Crippen molar-refractivity contribution in [3.05, 3.63) is 71.9 Å². The molecule has 2 heterocycles. The molecule has 2 aliphatic rings. The van der Waals surface area contributed by atoms with Crippen LogP contribution in [0.1, 0.15) is 59.7 Å². The normalized spacial score (nSPS) is 19.0. The quantitative estimate of drug-likeness (QED) is 0.646. The van der Waals surface area contributed by atoms with Crippen molar-refractivity contribution in [3.8, 4) is 11.5 Å². The van der Waals surface area contributed by atoms with Crippen molar-refractivity contribution in [2.45, 2.75) is 37.6 Å². The van der Waals surface area contributed by atoms with Gasteiger partial charge in [0.15, 0.2) is 5.82 Å². The highest BCUT2D eigenvalue weighted by molar-refractivity contribution is 5.94. The van der Waals surface area contributed by atoms with E-state index in [2.05, 4.69) is 10.1 Å². The summed E-state index contributed by atoms with van der Waals surface area (Å²) in [4.78, 5) is 19.4. The lowest BCUT2D eigenvalue weighted by Crippen LogP contribution is -2.30. The summed E-state index contributed by atoms with van der Waals surface area (Å²) in [7, 11) is 0. The second kappa shape index (κ2) is 7.11. The maximum absolute atomic E-state index is 13.0. The summed E-state index contributed by atoms with van der Waals surface area (Å²) >= 11 is 0. The Morgan fingerprint density at radius 1 is 1.00 bits per heavy atom. The van der Waals surface area contributed by atoms with Gasteiger partial charge in [0.1, 0.15) is 17.5 Å². The topological polar surface area (TPSA) is 68.5 Å². The molecule has 142 valence electrons. The van der Waals surface area contributed by atoms with Gasteiger partial charge >= 0.3 is 0 Å². The zero-order chi connectivity index (χ0) is 18.9. The molecule has 1 aliphatic heterocycles. The molecule has 0 N–H and O–H groups in total. The minimum atomic E-state index is -0.132. The van der Waals surface area contributed by atoms with Crippen molar-refractivity contribution in [2.24, 2.45) is 0 Å². The first-order chi connectivity index (χ1) is 13.8. The van der Waals surface area contributed by atoms with Crippen molar-refractivity contribution in [1.82, 2.24) is 15.0 Å². The lowest BCUT2D eigenvalue weighted by molar-refractivity contribution is 0.0710. The van der Waals surface area contributed by atoms with Gasteiger partial charge in [-0.05, 0) is 62.1 Å². The Morgan fingerprint density at radius 3 is 2.50 bits per heavy atom. The van der Waals surface area contributed by atoms with E-state index in [0.717, 1.165) is 37.3 Å². The summed E-state index contributed by atoms with van der Waals surface area (Å²) in [6.07, 6.45) is 4.05. The molecule has 0 spiro atoms. The third-order valence-corrected chi connectivity index (χ3v) is 5.28. The Kier molecular flexibility index (Phi) is 4.31. The first-order valence-corrected chi connectivity index (χ1v) is 9.75. The van der Waals surface area contributed by atoms with Crippen LogP contribution in [0.5, 0.6) is 11.5 Å². The molecule has 0 radical (unpaired) electrons. The number of nitrogens with zero attached hydrogens (tertiary/aromatic N) is 3. The van der Waals surface area contributed by atoms with E-state index in [-0.39, 0.29) is 11.9 Å². The van der Waals surface area contributed by atoms with Crippen molar-refractivity contribution in [2.75, 3.05) is 6.54 Å². The molecule has 1 amide bonds. The molecule has 6 nitrogen and oxygen atoms in total. The molecule has 1 saturated carbocycles. The minimum Gasteiger partial charge on any atom is -0.457 e. The molecule has 3 aromatic rings. The number of hydrogen-bond donors (Lipinski definition) is 0. The lowest BCUT2D eigenvalue weighted by Gasteiger charge is -2.22. The second-order valence-corrected chi connectivity index (χ2v) is 7.36. The minimum absolute atomic E-state index is 0.0140. The summed E-state index contributed by atoms with van der Waals surface area (Å²) in [6.45, 7) is 0.701. The number of carbonyl (C=O) groups excluding carboxylic acids is 1. The van der Waals surface area contributed by atoms with E-state index in [1.165, 1.54) is 0 Å². The molecular weight excluding hydrogens is 354 g/mol. The van der Waals surface area contributed by atoms with E-state index in [1.54, 1.807) is 12.1 Å². The van der Waals surface area contributed by atoms with E-state index in [1.807, 2.05) is 47.4 Å². The van der Waals surface area contributed by atoms with E-state index in [9.17, 15) is 4.79 Å². The van der Waals surface area contributed by atoms with Gasteiger partial charge in [0.2, 0.25) is 5.89 Å². The van der Waals surface area contributed by atoms with E-state index >= 15 is 0 Å². The van der Waals surface area contributed by atoms with Crippen LogP contribution in [0, 0.1) is 0 Å². The van der Waals surface area contributed by atoms with Crippen molar-refractivity contribution >= 4 is 5.91 Å². The number of carbonyl (C=O) groups is 1. The molecule has 1 atom stereocenters. The first kappa shape index (κ1) is 17.0. The summed E-state index contributed by atoms with van der Waals surface area (Å²) in [5.74, 6) is 3.25. The highest BCUT2D eigenvalue weighted by Crippen LogP contribution is 2.40. The predicted octanol–water partition coefficient (Wildman–Crippen LogP) is 4.72. The lowest BCUT2D eigenvalue weighted by atomic mass is 10.1. The largest absolute Gasteiger partial charge is 0.457 e. The third-order valence-electron chi connectivity index (χ3n) is 5.28. The number of amides is 1. The summed E-state index contributed by atoms with van der Waals surface area (Å²) in [6, 6.07) is 16.7. The van der Waals surface area contributed by atoms with Crippen LogP contribution in [-0.2, 0) is 0 Å². The Balaban J connectivity index is 1.30. The molecule has 0 bridgehead atoms. The summed E-state index contributed by atoms with van der Waals surface area (Å²) in [5.41, 5.74) is 0.634. The molecule has 5 rings (SSSR count). The zero-order valence-corrected chi connectivity index (χ0v) is 15.5. The zero-order valence-electron chi connectivity index (χ0n) is 15.5. The van der Waals surface area contributed by atoms with Crippen LogP contribution in [-0.4, -0.2) is 27.5 Å². The summed E-state index contributed by atoms with van der Waals surface area (Å²) < 4.78 is 11.3. The van der Waals surface area contributed by atoms with Crippen LogP contribution in [0.25, 0.3) is 0 Å². The molecular formula is C22H21N3O3. The molecule has 1 unspecified atom stereocenters. The van der Waals surface area contributed by atoms with Crippen molar-refractivity contribution in [3.63, 3.8) is 0 Å². The van der Waals surface area contributed by atoms with Crippen molar-refractivity contribution < 1.29 is 14.1 Å². The third kappa shape index (κ3) is 3.38. The second-order valence-electron chi connectivity index (χ2n) is 7.36. The SMILES string of the molecule is O=C(c1ccc(Oc2ccccc2)cc1)N1CCCC1c1nc(C2CC2)no1. The van der Waals surface area contributed by atoms with E-state index in [4.69, 9.17) is 9.26 Å². The van der Waals surface area contributed by atoms with E-state index < -0.39 is 0 Å². The molecule has 2 aromatic carbocycles. The molecule has 2 fully saturated rings. The smallest absolute Gasteiger partial charge is 0.254 e. The van der Waals surface area contributed by atoms with Gasteiger partial charge in [-0.15, -0.1) is 0 Å². The number of benzene rings is 2. The van der Waals surface area contributed by atoms with E-state index in [0.29, 0.717) is 29.7 Å². The predicted molar refractivity (Wildman–Crippen MR) is 102 cm³/mol. The Bertz CT molecular complexity index is 964. The van der Waals surface area contributed by atoms with Gasteiger partial charge in [-0.1, -0.05) is 23.4 Å². The highest BCUT2D eigenvalue weighted by atomic mass is 16.5. The fourth-order valence-electron chi connectivity index (χ4n) is 3.61. The maximum atomic E-state index is 13.0. The van der Waals surface area contributed by atoms with Crippen LogP contribution in [0.2, 0.25) is 0 Å². The Morgan fingerprint density at radius 2 is 1.75 bits per heavy atom. The number of ether oxygens (including phenoxy) is 1. The Labute approximate surface area is 163 Å². The molecule has 1 saturated heterocycles. The van der Waals surface area contributed by atoms with Gasteiger partial charge in [0.25, 0.3) is 5.91 Å². The number of likely N-dealkylation sites (tertiary alicyclic amines) is 1. The number of aromatic nitrogens is 2. The Hall–Kier alpha value is -3.15. The number of hydrogen-bond acceptors (Lipinski definition) is 5. The summed E-state index contributed by atoms with van der Waals surface area (Å²) in [5, 5.41) is 4.10. The first-order valence-electron chi connectivity index (χ1n) is 9.75. The number of rotatable bonds is 5. The molecule has 6 heteroatoms. The average Bonchev–Trinajstić information content (AvgIpc) is 3.26. The van der Waals surface area contributed by atoms with Gasteiger partial charge in [-0.25, -0.2) is 0 Å². The van der Waals surface area contributed by atoms with Crippen LogP contribution >= 0.6 is 0 Å². The van der Waals surface area contributed by atoms with Gasteiger partial charge in [-0.3, -0.25) is 4.79 Å². The van der Waals surface area contributed by atoms with Gasteiger partial charge in [-0.2, -0.15) is 4.98 Å². The van der Waals surface area contributed by atoms with Crippen LogP contribution in [0.4, 0.5) is 0 Å². The fraction of sp³-hybridized carbons (Fsp3) is 0.318. The fourth-order valence-corrected chi connectivity index (χ4v) is 3.61. The number of para-hydroxylation sites is 1. The molecule has 1 aromatic heterocycles. The van der Waals surface area contributed by atoms with Crippen LogP contribution in [0.15, 0.2) is 59.1 Å². The standard InChI is InChI=1S/C22H21N3O3/c26-22(16-10-12-18(13-11-16)27-17-5-2-1-3-6-17)25-14-4-7-19(25)21-23-20(24-28-21)15-8-9-15/h1-3,5-6,10-13,15,19H,4,7-9,14H2. The maximum Gasteiger partial charge on any atom is 0.254 e. The van der Waals surface area contributed by atoms with Crippen LogP contribution in [0.3, 0.4) is 0 Å². The average molecular weight is 375 g/mol. The van der Waals surface area contributed by atoms with Crippen LogP contribution < -0.4 is 4.74 Å².